The average Bonchev–Trinajstić information content (AvgIpc) is 2.45. The van der Waals surface area contributed by atoms with E-state index in [4.69, 9.17) is 14.2 Å². The van der Waals surface area contributed by atoms with Gasteiger partial charge in [0.1, 0.15) is 0 Å². The molecule has 0 aliphatic rings. The maximum atomic E-state index is 10.1. The van der Waals surface area contributed by atoms with Crippen molar-refractivity contribution < 1.29 is 19.3 Å². The van der Waals surface area contributed by atoms with Crippen LogP contribution >= 0.6 is 0 Å². The first-order chi connectivity index (χ1) is 9.41. The number of hydrogen-bond donors (Lipinski definition) is 1. The summed E-state index contributed by atoms with van der Waals surface area (Å²) in [7, 11) is 4.92. The number of rotatable bonds is 8. The van der Waals surface area contributed by atoms with Crippen molar-refractivity contribution in [2.75, 3.05) is 21.3 Å². The monoisotopic (exact) mass is 282 g/mol. The van der Waals surface area contributed by atoms with Crippen LogP contribution in [0.5, 0.6) is 11.5 Å². The Labute approximate surface area is 121 Å². The molecular weight excluding hydrogens is 256 g/mol. The third-order valence-electron chi connectivity index (χ3n) is 3.55. The Morgan fingerprint density at radius 1 is 1.10 bits per heavy atom. The molecule has 4 heteroatoms. The first-order valence-electron chi connectivity index (χ1n) is 6.86. The highest BCUT2D eigenvalue weighted by molar-refractivity contribution is 5.43. The van der Waals surface area contributed by atoms with Crippen LogP contribution in [-0.2, 0) is 11.2 Å². The van der Waals surface area contributed by atoms with Gasteiger partial charge in [-0.05, 0) is 50.8 Å². The van der Waals surface area contributed by atoms with Crippen molar-refractivity contribution in [1.82, 2.24) is 0 Å². The number of aliphatic hydroxyl groups is 1. The minimum absolute atomic E-state index is 0.196. The summed E-state index contributed by atoms with van der Waals surface area (Å²) >= 11 is 0. The molecule has 1 atom stereocenters. The van der Waals surface area contributed by atoms with Gasteiger partial charge >= 0.3 is 0 Å². The molecule has 20 heavy (non-hydrogen) atoms. The molecule has 1 unspecified atom stereocenters. The molecule has 0 bridgehead atoms. The molecule has 1 rings (SSSR count). The summed E-state index contributed by atoms with van der Waals surface area (Å²) < 4.78 is 15.8. The number of hydrogen-bond acceptors (Lipinski definition) is 4. The fourth-order valence-corrected chi connectivity index (χ4v) is 2.00. The Hall–Kier alpha value is -1.26. The van der Waals surface area contributed by atoms with Gasteiger partial charge in [-0.25, -0.2) is 0 Å². The maximum absolute atomic E-state index is 10.1. The van der Waals surface area contributed by atoms with Crippen molar-refractivity contribution in [3.05, 3.63) is 23.8 Å². The molecular formula is C16H26O4. The fraction of sp³-hybridized carbons (Fsp3) is 0.625. The van der Waals surface area contributed by atoms with Crippen LogP contribution in [-0.4, -0.2) is 38.1 Å². The average molecular weight is 282 g/mol. The number of benzene rings is 1. The molecule has 0 aromatic heterocycles. The summed E-state index contributed by atoms with van der Waals surface area (Å²) in [5.41, 5.74) is 0.837. The highest BCUT2D eigenvalue weighted by Gasteiger charge is 2.18. The first-order valence-corrected chi connectivity index (χ1v) is 6.86. The topological polar surface area (TPSA) is 47.9 Å². The lowest BCUT2D eigenvalue weighted by atomic mass is 9.97. The second kappa shape index (κ2) is 7.50. The third kappa shape index (κ3) is 5.02. The van der Waals surface area contributed by atoms with Crippen molar-refractivity contribution in [3.8, 4) is 11.5 Å². The van der Waals surface area contributed by atoms with Gasteiger partial charge in [-0.3, -0.25) is 0 Å². The van der Waals surface area contributed by atoms with E-state index in [1.807, 2.05) is 32.0 Å². The van der Waals surface area contributed by atoms with E-state index in [-0.39, 0.29) is 11.7 Å². The van der Waals surface area contributed by atoms with E-state index in [0.717, 1.165) is 12.0 Å². The van der Waals surface area contributed by atoms with Crippen molar-refractivity contribution in [3.63, 3.8) is 0 Å². The van der Waals surface area contributed by atoms with Crippen molar-refractivity contribution >= 4 is 0 Å². The van der Waals surface area contributed by atoms with Crippen LogP contribution in [0.4, 0.5) is 0 Å². The summed E-state index contributed by atoms with van der Waals surface area (Å²) in [6.07, 6.45) is 1.73. The smallest absolute Gasteiger partial charge is 0.160 e. The molecule has 1 aromatic carbocycles. The molecule has 4 nitrogen and oxygen atoms in total. The quantitative estimate of drug-likeness (QED) is 0.796. The van der Waals surface area contributed by atoms with E-state index in [1.165, 1.54) is 0 Å². The molecule has 114 valence electrons. The summed E-state index contributed by atoms with van der Waals surface area (Å²) in [4.78, 5) is 0. The highest BCUT2D eigenvalue weighted by atomic mass is 16.5. The highest BCUT2D eigenvalue weighted by Crippen LogP contribution is 2.28. The third-order valence-corrected chi connectivity index (χ3v) is 3.55. The lowest BCUT2D eigenvalue weighted by Crippen LogP contribution is -2.25. The molecule has 1 N–H and O–H groups in total. The summed E-state index contributed by atoms with van der Waals surface area (Å²) in [5.74, 6) is 1.39. The Morgan fingerprint density at radius 2 is 1.75 bits per heavy atom. The molecule has 0 aliphatic carbocycles. The van der Waals surface area contributed by atoms with Gasteiger partial charge in [0, 0.05) is 7.11 Å². The number of ether oxygens (including phenoxy) is 3. The molecule has 1 aromatic rings. The van der Waals surface area contributed by atoms with E-state index < -0.39 is 0 Å². The van der Waals surface area contributed by atoms with Crippen LogP contribution in [0, 0.1) is 0 Å². The Kier molecular flexibility index (Phi) is 6.30. The van der Waals surface area contributed by atoms with Crippen LogP contribution in [0.15, 0.2) is 18.2 Å². The number of methoxy groups -OCH3 is 3. The predicted molar refractivity (Wildman–Crippen MR) is 79.6 cm³/mol. The first kappa shape index (κ1) is 16.8. The molecule has 0 saturated carbocycles. The van der Waals surface area contributed by atoms with Gasteiger partial charge in [-0.15, -0.1) is 0 Å². The molecule has 0 radical (unpaired) electrons. The van der Waals surface area contributed by atoms with Gasteiger partial charge < -0.3 is 19.3 Å². The van der Waals surface area contributed by atoms with Crippen molar-refractivity contribution in [2.45, 2.75) is 44.8 Å². The summed E-state index contributed by atoms with van der Waals surface area (Å²) in [6.45, 7) is 4.05. The minimum Gasteiger partial charge on any atom is -0.493 e. The standard InChI is InChI=1S/C16H26O4/c1-16(2,20-5)9-8-13(17)10-12-6-7-14(18-3)15(11-12)19-4/h6-7,11,13,17H,8-10H2,1-5H3. The van der Waals surface area contributed by atoms with Crippen LogP contribution in [0.25, 0.3) is 0 Å². The largest absolute Gasteiger partial charge is 0.493 e. The SMILES string of the molecule is COc1ccc(CC(O)CCC(C)(C)OC)cc1OC. The zero-order chi connectivity index (χ0) is 15.2. The van der Waals surface area contributed by atoms with E-state index in [2.05, 4.69) is 0 Å². The van der Waals surface area contributed by atoms with Crippen LogP contribution in [0.3, 0.4) is 0 Å². The van der Waals surface area contributed by atoms with Gasteiger partial charge in [0.15, 0.2) is 11.5 Å². The van der Waals surface area contributed by atoms with Gasteiger partial charge in [-0.1, -0.05) is 6.07 Å². The normalized spacial score (nSPS) is 13.1. The molecule has 0 aliphatic heterocycles. The molecule has 0 spiro atoms. The van der Waals surface area contributed by atoms with E-state index in [0.29, 0.717) is 24.3 Å². The second-order valence-corrected chi connectivity index (χ2v) is 5.55. The van der Waals surface area contributed by atoms with Gasteiger partial charge in [0.05, 0.1) is 25.9 Å². The Bertz CT molecular complexity index is 415. The van der Waals surface area contributed by atoms with Gasteiger partial charge in [-0.2, -0.15) is 0 Å². The maximum Gasteiger partial charge on any atom is 0.160 e. The number of aliphatic hydroxyl groups excluding tert-OH is 1. The molecule has 0 fully saturated rings. The van der Waals surface area contributed by atoms with Crippen molar-refractivity contribution in [1.29, 1.82) is 0 Å². The van der Waals surface area contributed by atoms with E-state index in [1.54, 1.807) is 21.3 Å². The molecule has 0 heterocycles. The van der Waals surface area contributed by atoms with E-state index in [9.17, 15) is 5.11 Å². The predicted octanol–water partition coefficient (Wildman–Crippen LogP) is 2.81. The molecule has 0 amide bonds. The Morgan fingerprint density at radius 3 is 2.30 bits per heavy atom. The summed E-state index contributed by atoms with van der Waals surface area (Å²) in [6, 6.07) is 5.72. The van der Waals surface area contributed by atoms with Crippen LogP contribution in [0.2, 0.25) is 0 Å². The zero-order valence-corrected chi connectivity index (χ0v) is 13.1. The lowest BCUT2D eigenvalue weighted by molar-refractivity contribution is 0.00306. The van der Waals surface area contributed by atoms with Crippen LogP contribution in [0.1, 0.15) is 32.3 Å². The lowest BCUT2D eigenvalue weighted by Gasteiger charge is -2.24. The molecule has 0 saturated heterocycles. The van der Waals surface area contributed by atoms with Gasteiger partial charge in [0.25, 0.3) is 0 Å². The summed E-state index contributed by atoms with van der Waals surface area (Å²) in [5, 5.41) is 10.1. The zero-order valence-electron chi connectivity index (χ0n) is 13.1. The minimum atomic E-state index is -0.387. The fourth-order valence-electron chi connectivity index (χ4n) is 2.00. The van der Waals surface area contributed by atoms with Gasteiger partial charge in [0.2, 0.25) is 0 Å². The van der Waals surface area contributed by atoms with Crippen LogP contribution < -0.4 is 9.47 Å². The van der Waals surface area contributed by atoms with E-state index >= 15 is 0 Å². The second-order valence-electron chi connectivity index (χ2n) is 5.55. The Balaban J connectivity index is 2.60. The van der Waals surface area contributed by atoms with Crippen molar-refractivity contribution in [2.24, 2.45) is 0 Å².